The highest BCUT2D eigenvalue weighted by atomic mass is 35.5. The largest absolute Gasteiger partial charge is 0.347 e. The molecule has 0 unspecified atom stereocenters. The van der Waals surface area contributed by atoms with Crippen LogP contribution < -0.4 is 5.32 Å². The van der Waals surface area contributed by atoms with Crippen LogP contribution in [0.3, 0.4) is 0 Å². The molecule has 2 amide bonds. The third-order valence-electron chi connectivity index (χ3n) is 4.21. The molecular weight excluding hydrogens is 355 g/mol. The summed E-state index contributed by atoms with van der Waals surface area (Å²) in [6.45, 7) is 2.22. The second-order valence-electron chi connectivity index (χ2n) is 5.84. The second-order valence-corrected chi connectivity index (χ2v) is 6.68. The van der Waals surface area contributed by atoms with Crippen LogP contribution in [0.5, 0.6) is 0 Å². The molecule has 3 rings (SSSR count). The molecule has 2 aliphatic heterocycles. The molecule has 0 saturated carbocycles. The molecule has 1 spiro atoms. The molecule has 2 aliphatic rings. The molecule has 2 fully saturated rings. The van der Waals surface area contributed by atoms with E-state index in [1.54, 1.807) is 23.1 Å². The molecule has 130 valence electrons. The fourth-order valence-corrected chi connectivity index (χ4v) is 3.26. The van der Waals surface area contributed by atoms with Crippen LogP contribution in [0.2, 0.25) is 10.0 Å². The molecular formula is C16H18Cl2N2O4. The zero-order valence-corrected chi connectivity index (χ0v) is 14.5. The average Bonchev–Trinajstić information content (AvgIpc) is 2.99. The van der Waals surface area contributed by atoms with E-state index in [1.165, 1.54) is 0 Å². The van der Waals surface area contributed by atoms with Gasteiger partial charge in [0.05, 0.1) is 23.9 Å². The van der Waals surface area contributed by atoms with E-state index >= 15 is 0 Å². The Labute approximate surface area is 150 Å². The van der Waals surface area contributed by atoms with Crippen molar-refractivity contribution >= 4 is 40.7 Å². The Morgan fingerprint density at radius 1 is 1.17 bits per heavy atom. The van der Waals surface area contributed by atoms with E-state index in [4.69, 9.17) is 32.7 Å². The van der Waals surface area contributed by atoms with Crippen LogP contribution in [-0.2, 0) is 19.1 Å². The number of benzene rings is 1. The number of carbonyl (C=O) groups is 2. The highest BCUT2D eigenvalue weighted by molar-refractivity contribution is 6.35. The van der Waals surface area contributed by atoms with Gasteiger partial charge >= 0.3 is 0 Å². The standard InChI is InChI=1S/C16H18Cl2N2O4/c17-11-1-2-12(18)13(9-11)19-14(21)10-15(22)20-5-3-16(4-6-20)23-7-8-24-16/h1-2,9H,3-8,10H2,(H,19,21). The fourth-order valence-electron chi connectivity index (χ4n) is 2.92. The SMILES string of the molecule is O=C(CC(=O)N1CCC2(CC1)OCCO2)Nc1cc(Cl)ccc1Cl. The predicted molar refractivity (Wildman–Crippen MR) is 90.2 cm³/mol. The summed E-state index contributed by atoms with van der Waals surface area (Å²) < 4.78 is 11.3. The smallest absolute Gasteiger partial charge is 0.233 e. The highest BCUT2D eigenvalue weighted by Crippen LogP contribution is 2.31. The van der Waals surface area contributed by atoms with Crippen LogP contribution in [0.15, 0.2) is 18.2 Å². The molecule has 6 nitrogen and oxygen atoms in total. The summed E-state index contributed by atoms with van der Waals surface area (Å²) in [4.78, 5) is 26.0. The lowest BCUT2D eigenvalue weighted by Crippen LogP contribution is -2.47. The first-order valence-electron chi connectivity index (χ1n) is 7.78. The monoisotopic (exact) mass is 372 g/mol. The molecule has 0 radical (unpaired) electrons. The van der Waals surface area contributed by atoms with Crippen molar-refractivity contribution < 1.29 is 19.1 Å². The molecule has 1 N–H and O–H groups in total. The lowest BCUT2D eigenvalue weighted by molar-refractivity contribution is -0.187. The number of ether oxygens (including phenoxy) is 2. The van der Waals surface area contributed by atoms with Crippen molar-refractivity contribution in [1.82, 2.24) is 4.90 Å². The van der Waals surface area contributed by atoms with Crippen LogP contribution in [0.4, 0.5) is 5.69 Å². The van der Waals surface area contributed by atoms with E-state index in [0.29, 0.717) is 54.9 Å². The van der Waals surface area contributed by atoms with E-state index in [2.05, 4.69) is 5.32 Å². The van der Waals surface area contributed by atoms with Gasteiger partial charge in [0.1, 0.15) is 6.42 Å². The van der Waals surface area contributed by atoms with Gasteiger partial charge in [-0.25, -0.2) is 0 Å². The lowest BCUT2D eigenvalue weighted by Gasteiger charge is -2.37. The Morgan fingerprint density at radius 2 is 1.83 bits per heavy atom. The molecule has 2 saturated heterocycles. The first kappa shape index (κ1) is 17.5. The summed E-state index contributed by atoms with van der Waals surface area (Å²) in [6, 6.07) is 4.76. The Bertz CT molecular complexity index is 637. The number of carbonyl (C=O) groups excluding carboxylic acids is 2. The minimum absolute atomic E-state index is 0.224. The lowest BCUT2D eigenvalue weighted by atomic mass is 10.0. The van der Waals surface area contributed by atoms with E-state index in [-0.39, 0.29) is 12.3 Å². The summed E-state index contributed by atoms with van der Waals surface area (Å²) >= 11 is 11.9. The van der Waals surface area contributed by atoms with Crippen molar-refractivity contribution in [1.29, 1.82) is 0 Å². The highest BCUT2D eigenvalue weighted by Gasteiger charge is 2.40. The molecule has 2 heterocycles. The minimum Gasteiger partial charge on any atom is -0.347 e. The predicted octanol–water partition coefficient (Wildman–Crippen LogP) is 2.69. The number of anilines is 1. The molecule has 0 atom stereocenters. The van der Waals surface area contributed by atoms with Gasteiger partial charge in [-0.2, -0.15) is 0 Å². The summed E-state index contributed by atoms with van der Waals surface area (Å²) in [5.41, 5.74) is 0.396. The third kappa shape index (κ3) is 4.00. The van der Waals surface area contributed by atoms with Gasteiger partial charge in [-0.05, 0) is 18.2 Å². The van der Waals surface area contributed by atoms with Crippen LogP contribution >= 0.6 is 23.2 Å². The Hall–Kier alpha value is -1.34. The Morgan fingerprint density at radius 3 is 2.50 bits per heavy atom. The number of nitrogens with one attached hydrogen (secondary N) is 1. The maximum atomic E-state index is 12.3. The van der Waals surface area contributed by atoms with E-state index in [9.17, 15) is 9.59 Å². The molecule has 0 aromatic heterocycles. The summed E-state index contributed by atoms with van der Waals surface area (Å²) in [5, 5.41) is 3.45. The topological polar surface area (TPSA) is 67.9 Å². The van der Waals surface area contributed by atoms with E-state index in [0.717, 1.165) is 0 Å². The maximum absolute atomic E-state index is 12.3. The number of rotatable bonds is 3. The second kappa shape index (κ2) is 7.27. The van der Waals surface area contributed by atoms with Gasteiger partial charge in [0, 0.05) is 31.0 Å². The van der Waals surface area contributed by atoms with Gasteiger partial charge in [-0.1, -0.05) is 23.2 Å². The van der Waals surface area contributed by atoms with E-state index < -0.39 is 11.7 Å². The molecule has 1 aromatic rings. The van der Waals surface area contributed by atoms with Gasteiger partial charge in [0.15, 0.2) is 5.79 Å². The number of piperidine rings is 1. The first-order chi connectivity index (χ1) is 11.5. The fraction of sp³-hybridized carbons (Fsp3) is 0.500. The van der Waals surface area contributed by atoms with Gasteiger partial charge < -0.3 is 19.7 Å². The summed E-state index contributed by atoms with van der Waals surface area (Å²) in [7, 11) is 0. The quantitative estimate of drug-likeness (QED) is 0.828. The Kier molecular flexibility index (Phi) is 5.30. The van der Waals surface area contributed by atoms with Gasteiger partial charge in [0.2, 0.25) is 11.8 Å². The van der Waals surface area contributed by atoms with Crippen molar-refractivity contribution in [3.63, 3.8) is 0 Å². The van der Waals surface area contributed by atoms with Gasteiger partial charge in [-0.15, -0.1) is 0 Å². The number of nitrogens with zero attached hydrogens (tertiary/aromatic N) is 1. The number of hydrogen-bond acceptors (Lipinski definition) is 4. The number of amides is 2. The van der Waals surface area contributed by atoms with Crippen LogP contribution in [0.25, 0.3) is 0 Å². The molecule has 24 heavy (non-hydrogen) atoms. The van der Waals surface area contributed by atoms with Crippen molar-refractivity contribution in [3.05, 3.63) is 28.2 Å². The Balaban J connectivity index is 1.51. The first-order valence-corrected chi connectivity index (χ1v) is 8.54. The number of hydrogen-bond donors (Lipinski definition) is 1. The van der Waals surface area contributed by atoms with Crippen LogP contribution in [0.1, 0.15) is 19.3 Å². The number of likely N-dealkylation sites (tertiary alicyclic amines) is 1. The average molecular weight is 373 g/mol. The third-order valence-corrected chi connectivity index (χ3v) is 4.77. The van der Waals surface area contributed by atoms with Gasteiger partial charge in [-0.3, -0.25) is 9.59 Å². The number of halogens is 2. The molecule has 0 bridgehead atoms. The minimum atomic E-state index is -0.534. The normalized spacial score (nSPS) is 19.5. The van der Waals surface area contributed by atoms with Crippen molar-refractivity contribution in [3.8, 4) is 0 Å². The van der Waals surface area contributed by atoms with Crippen molar-refractivity contribution in [2.75, 3.05) is 31.6 Å². The van der Waals surface area contributed by atoms with Crippen LogP contribution in [0, 0.1) is 0 Å². The van der Waals surface area contributed by atoms with Crippen molar-refractivity contribution in [2.24, 2.45) is 0 Å². The molecule has 8 heteroatoms. The summed E-state index contributed by atoms with van der Waals surface area (Å²) in [6.07, 6.45) is 1.01. The summed E-state index contributed by atoms with van der Waals surface area (Å²) in [5.74, 6) is -1.18. The zero-order chi connectivity index (χ0) is 17.2. The van der Waals surface area contributed by atoms with E-state index in [1.807, 2.05) is 0 Å². The van der Waals surface area contributed by atoms with Gasteiger partial charge in [0.25, 0.3) is 0 Å². The van der Waals surface area contributed by atoms with Crippen LogP contribution in [-0.4, -0.2) is 48.8 Å². The maximum Gasteiger partial charge on any atom is 0.233 e. The molecule has 1 aromatic carbocycles. The zero-order valence-electron chi connectivity index (χ0n) is 13.0. The molecule has 0 aliphatic carbocycles. The van der Waals surface area contributed by atoms with Crippen molar-refractivity contribution in [2.45, 2.75) is 25.0 Å².